The number of benzene rings is 2. The summed E-state index contributed by atoms with van der Waals surface area (Å²) in [6.45, 7) is 5.90. The molecular weight excluding hydrogens is 302 g/mol. The molecule has 1 N–H and O–H groups in total. The average Bonchev–Trinajstić information content (AvgIpc) is 2.83. The van der Waals surface area contributed by atoms with Crippen LogP contribution in [0.3, 0.4) is 0 Å². The van der Waals surface area contributed by atoms with E-state index in [1.807, 2.05) is 51.1 Å². The van der Waals surface area contributed by atoms with Gasteiger partial charge in [-0.2, -0.15) is 0 Å². The summed E-state index contributed by atoms with van der Waals surface area (Å²) in [6.07, 6.45) is 0.506. The molecule has 1 unspecified atom stereocenters. The van der Waals surface area contributed by atoms with Crippen molar-refractivity contribution in [3.8, 4) is 5.75 Å². The molecule has 2 aromatic carbocycles. The van der Waals surface area contributed by atoms with E-state index in [0.717, 1.165) is 22.4 Å². The van der Waals surface area contributed by atoms with Crippen molar-refractivity contribution in [1.82, 2.24) is 0 Å². The number of fused-ring (bicyclic) bond motifs is 1. The van der Waals surface area contributed by atoms with Crippen molar-refractivity contribution in [2.24, 2.45) is 0 Å². The zero-order chi connectivity index (χ0) is 17.3. The number of ketones is 1. The minimum absolute atomic E-state index is 0.0929. The first-order valence-electron chi connectivity index (χ1n) is 8.11. The first kappa shape index (κ1) is 16.2. The zero-order valence-electron chi connectivity index (χ0n) is 14.2. The number of rotatable bonds is 4. The van der Waals surface area contributed by atoms with Crippen LogP contribution >= 0.6 is 0 Å². The minimum Gasteiger partial charge on any atom is -0.483 e. The number of hydrogen-bond acceptors (Lipinski definition) is 3. The number of carbonyl (C=O) groups excluding carboxylic acids is 2. The van der Waals surface area contributed by atoms with E-state index in [9.17, 15) is 9.59 Å². The van der Waals surface area contributed by atoms with Gasteiger partial charge in [0.25, 0.3) is 5.91 Å². The van der Waals surface area contributed by atoms with Crippen molar-refractivity contribution in [1.29, 1.82) is 0 Å². The topological polar surface area (TPSA) is 55.4 Å². The molecule has 1 aliphatic carbocycles. The van der Waals surface area contributed by atoms with E-state index >= 15 is 0 Å². The molecule has 3 rings (SSSR count). The molecule has 0 aliphatic heterocycles. The van der Waals surface area contributed by atoms with Crippen LogP contribution < -0.4 is 10.1 Å². The van der Waals surface area contributed by atoms with Gasteiger partial charge in [0, 0.05) is 12.1 Å². The number of Topliss-reactive ketones (excluding diaryl/α,β-unsaturated/α-hetero) is 1. The Morgan fingerprint density at radius 3 is 2.79 bits per heavy atom. The van der Waals surface area contributed by atoms with Crippen LogP contribution in [0.15, 0.2) is 36.4 Å². The predicted octanol–water partition coefficient (Wildman–Crippen LogP) is 4.01. The lowest BCUT2D eigenvalue weighted by Gasteiger charge is -2.13. The van der Waals surface area contributed by atoms with Gasteiger partial charge < -0.3 is 10.1 Å². The molecule has 4 nitrogen and oxygen atoms in total. The highest BCUT2D eigenvalue weighted by atomic mass is 16.5. The van der Waals surface area contributed by atoms with Crippen LogP contribution in [-0.4, -0.2) is 18.3 Å². The van der Waals surface area contributed by atoms with Gasteiger partial charge in [-0.25, -0.2) is 0 Å². The van der Waals surface area contributed by atoms with Crippen LogP contribution in [-0.2, 0) is 4.79 Å². The summed E-state index contributed by atoms with van der Waals surface area (Å²) in [5, 5.41) is 2.80. The molecule has 0 aromatic heterocycles. The Hall–Kier alpha value is -2.62. The third-order valence-electron chi connectivity index (χ3n) is 4.35. The maximum atomic E-state index is 12.2. The van der Waals surface area contributed by atoms with Gasteiger partial charge in [0.15, 0.2) is 12.4 Å². The van der Waals surface area contributed by atoms with Gasteiger partial charge in [-0.3, -0.25) is 9.59 Å². The van der Waals surface area contributed by atoms with Gasteiger partial charge >= 0.3 is 0 Å². The molecular formula is C20H21NO3. The summed E-state index contributed by atoms with van der Waals surface area (Å²) >= 11 is 0. The minimum atomic E-state index is -0.242. The highest BCUT2D eigenvalue weighted by molar-refractivity contribution is 6.04. The second-order valence-electron chi connectivity index (χ2n) is 6.40. The highest BCUT2D eigenvalue weighted by Gasteiger charge is 2.31. The van der Waals surface area contributed by atoms with Crippen molar-refractivity contribution in [3.63, 3.8) is 0 Å². The molecule has 1 aliphatic rings. The smallest absolute Gasteiger partial charge is 0.262 e. The molecule has 0 heterocycles. The van der Waals surface area contributed by atoms with Gasteiger partial charge in [0.1, 0.15) is 5.75 Å². The van der Waals surface area contributed by atoms with E-state index in [1.165, 1.54) is 0 Å². The van der Waals surface area contributed by atoms with Gasteiger partial charge in [0.2, 0.25) is 0 Å². The molecule has 1 atom stereocenters. The van der Waals surface area contributed by atoms with Gasteiger partial charge in [-0.1, -0.05) is 25.1 Å². The lowest BCUT2D eigenvalue weighted by atomic mass is 9.97. The van der Waals surface area contributed by atoms with E-state index in [4.69, 9.17) is 4.74 Å². The van der Waals surface area contributed by atoms with Crippen LogP contribution in [0.2, 0.25) is 0 Å². The second kappa shape index (κ2) is 6.48. The van der Waals surface area contributed by atoms with Crippen molar-refractivity contribution >= 4 is 17.4 Å². The Kier molecular flexibility index (Phi) is 4.38. The van der Waals surface area contributed by atoms with Crippen molar-refractivity contribution in [3.05, 3.63) is 58.7 Å². The van der Waals surface area contributed by atoms with Crippen LogP contribution in [0.5, 0.6) is 5.75 Å². The van der Waals surface area contributed by atoms with Gasteiger partial charge in [0.05, 0.1) is 5.56 Å². The number of aryl methyl sites for hydroxylation is 2. The molecule has 0 fully saturated rings. The number of ether oxygens (including phenoxy) is 1. The van der Waals surface area contributed by atoms with E-state index in [-0.39, 0.29) is 24.2 Å². The van der Waals surface area contributed by atoms with Crippen molar-refractivity contribution in [2.75, 3.05) is 11.9 Å². The Labute approximate surface area is 141 Å². The van der Waals surface area contributed by atoms with Crippen molar-refractivity contribution in [2.45, 2.75) is 33.1 Å². The molecule has 1 amide bonds. The standard InChI is InChI=1S/C20H21NO3/c1-12-5-4-6-15(9-12)21-18(23)11-24-17-8-7-13(2)19-14(3)10-16(22)20(17)19/h4-9,14H,10-11H2,1-3H3,(H,21,23). The molecule has 0 saturated heterocycles. The fourth-order valence-electron chi connectivity index (χ4n) is 3.29. The first-order chi connectivity index (χ1) is 11.5. The molecule has 2 aromatic rings. The van der Waals surface area contributed by atoms with E-state index in [2.05, 4.69) is 5.32 Å². The van der Waals surface area contributed by atoms with Crippen LogP contribution in [0.4, 0.5) is 5.69 Å². The first-order valence-corrected chi connectivity index (χ1v) is 8.11. The molecule has 0 spiro atoms. The van der Waals surface area contributed by atoms with E-state index in [1.54, 1.807) is 6.07 Å². The Balaban J connectivity index is 1.72. The molecule has 24 heavy (non-hydrogen) atoms. The Morgan fingerprint density at radius 2 is 2.04 bits per heavy atom. The summed E-state index contributed by atoms with van der Waals surface area (Å²) < 4.78 is 5.65. The fraction of sp³-hybridized carbons (Fsp3) is 0.300. The lowest BCUT2D eigenvalue weighted by molar-refractivity contribution is -0.118. The number of hydrogen-bond donors (Lipinski definition) is 1. The van der Waals surface area contributed by atoms with E-state index in [0.29, 0.717) is 17.7 Å². The highest BCUT2D eigenvalue weighted by Crippen LogP contribution is 2.40. The molecule has 124 valence electrons. The van der Waals surface area contributed by atoms with Gasteiger partial charge in [-0.05, 0) is 54.7 Å². The number of amides is 1. The fourth-order valence-corrected chi connectivity index (χ4v) is 3.29. The van der Waals surface area contributed by atoms with Crippen LogP contribution in [0.1, 0.15) is 46.3 Å². The van der Waals surface area contributed by atoms with Gasteiger partial charge in [-0.15, -0.1) is 0 Å². The maximum absolute atomic E-state index is 12.2. The summed E-state index contributed by atoms with van der Waals surface area (Å²) in [5.74, 6) is 0.560. The monoisotopic (exact) mass is 323 g/mol. The molecule has 0 saturated carbocycles. The lowest BCUT2D eigenvalue weighted by Crippen LogP contribution is -2.20. The normalized spacial score (nSPS) is 16.0. The Morgan fingerprint density at radius 1 is 1.25 bits per heavy atom. The summed E-state index contributed by atoms with van der Waals surface area (Å²) in [5.41, 5.74) is 4.61. The third kappa shape index (κ3) is 3.18. The summed E-state index contributed by atoms with van der Waals surface area (Å²) in [7, 11) is 0. The Bertz CT molecular complexity index is 811. The quantitative estimate of drug-likeness (QED) is 0.925. The van der Waals surface area contributed by atoms with Crippen molar-refractivity contribution < 1.29 is 14.3 Å². The molecule has 0 bridgehead atoms. The maximum Gasteiger partial charge on any atom is 0.262 e. The number of carbonyl (C=O) groups is 2. The number of anilines is 1. The van der Waals surface area contributed by atoms with Crippen LogP contribution in [0, 0.1) is 13.8 Å². The zero-order valence-corrected chi connectivity index (χ0v) is 14.2. The van der Waals surface area contributed by atoms with E-state index < -0.39 is 0 Å². The summed E-state index contributed by atoms with van der Waals surface area (Å²) in [6, 6.07) is 11.3. The third-order valence-corrected chi connectivity index (χ3v) is 4.35. The molecule has 4 heteroatoms. The SMILES string of the molecule is Cc1cccc(NC(=O)COc2ccc(C)c3c2C(=O)CC3C)c1. The molecule has 0 radical (unpaired) electrons. The van der Waals surface area contributed by atoms with Crippen LogP contribution in [0.25, 0.3) is 0 Å². The second-order valence-corrected chi connectivity index (χ2v) is 6.40. The number of nitrogens with one attached hydrogen (secondary N) is 1. The largest absolute Gasteiger partial charge is 0.483 e. The summed E-state index contributed by atoms with van der Waals surface area (Å²) in [4.78, 5) is 24.3. The predicted molar refractivity (Wildman–Crippen MR) is 93.8 cm³/mol. The average molecular weight is 323 g/mol.